The Kier molecular flexibility index (Phi) is 7.50. The molecule has 1 N–H and O–H groups in total. The minimum absolute atomic E-state index is 0.0146. The van der Waals surface area contributed by atoms with Gasteiger partial charge in [0.25, 0.3) is 0 Å². The van der Waals surface area contributed by atoms with Crippen molar-refractivity contribution >= 4 is 17.5 Å². The molecule has 6 nitrogen and oxygen atoms in total. The summed E-state index contributed by atoms with van der Waals surface area (Å²) in [5.74, 6) is 1.56. The zero-order valence-electron chi connectivity index (χ0n) is 21.5. The molecule has 0 bridgehead atoms. The van der Waals surface area contributed by atoms with E-state index in [1.54, 1.807) is 19.6 Å². The Labute approximate surface area is 223 Å². The summed E-state index contributed by atoms with van der Waals surface area (Å²) in [6, 6.07) is 13.4. The maximum Gasteiger partial charge on any atom is 0.228 e. The maximum absolute atomic E-state index is 13.7. The number of benzene rings is 2. The van der Waals surface area contributed by atoms with Crippen molar-refractivity contribution in [2.45, 2.75) is 70.2 Å². The van der Waals surface area contributed by atoms with Crippen LogP contribution >= 0.6 is 11.6 Å². The van der Waals surface area contributed by atoms with Crippen molar-refractivity contribution in [3.63, 3.8) is 0 Å². The van der Waals surface area contributed by atoms with Gasteiger partial charge >= 0.3 is 0 Å². The van der Waals surface area contributed by atoms with Gasteiger partial charge in [-0.2, -0.15) is 0 Å². The fourth-order valence-corrected chi connectivity index (χ4v) is 6.02. The number of aliphatic hydroxyl groups is 1. The highest BCUT2D eigenvalue weighted by atomic mass is 35.5. The second-order valence-corrected chi connectivity index (χ2v) is 10.8. The predicted octanol–water partition coefficient (Wildman–Crippen LogP) is 6.50. The van der Waals surface area contributed by atoms with Gasteiger partial charge in [-0.25, -0.2) is 0 Å². The summed E-state index contributed by atoms with van der Waals surface area (Å²) >= 11 is 6.23. The van der Waals surface area contributed by atoms with E-state index in [2.05, 4.69) is 4.90 Å². The summed E-state index contributed by atoms with van der Waals surface area (Å²) in [5, 5.41) is 11.5. The van der Waals surface area contributed by atoms with Crippen molar-refractivity contribution in [1.82, 2.24) is 4.90 Å². The molecule has 196 valence electrons. The van der Waals surface area contributed by atoms with Crippen LogP contribution in [0.1, 0.15) is 73.9 Å². The summed E-state index contributed by atoms with van der Waals surface area (Å²) in [6.45, 7) is 3.98. The number of hydrogen-bond acceptors (Lipinski definition) is 5. The van der Waals surface area contributed by atoms with Crippen molar-refractivity contribution in [2.24, 2.45) is 5.92 Å². The molecule has 0 spiro atoms. The molecule has 0 radical (unpaired) electrons. The number of amides is 1. The van der Waals surface area contributed by atoms with Crippen LogP contribution in [0.4, 0.5) is 0 Å². The number of ether oxygens (including phenoxy) is 2. The summed E-state index contributed by atoms with van der Waals surface area (Å²) < 4.78 is 16.9. The Morgan fingerprint density at radius 3 is 2.41 bits per heavy atom. The quantitative estimate of drug-likeness (QED) is 0.383. The van der Waals surface area contributed by atoms with Gasteiger partial charge in [0.05, 0.1) is 44.3 Å². The average Bonchev–Trinajstić information content (AvgIpc) is 3.43. The highest BCUT2D eigenvalue weighted by molar-refractivity contribution is 6.30. The summed E-state index contributed by atoms with van der Waals surface area (Å²) in [6.07, 6.45) is 6.30. The van der Waals surface area contributed by atoms with E-state index in [0.29, 0.717) is 22.9 Å². The third-order valence-electron chi connectivity index (χ3n) is 7.64. The highest BCUT2D eigenvalue weighted by Gasteiger charge is 2.41. The number of halogens is 1. The largest absolute Gasteiger partial charge is 0.493 e. The number of furan rings is 1. The lowest BCUT2D eigenvalue weighted by Gasteiger charge is -2.45. The van der Waals surface area contributed by atoms with E-state index in [-0.39, 0.29) is 30.0 Å². The fourth-order valence-electron chi connectivity index (χ4n) is 5.89. The third kappa shape index (κ3) is 5.23. The number of carbonyl (C=O) groups excluding carboxylic acids is 1. The normalized spacial score (nSPS) is 22.6. The number of rotatable bonds is 7. The van der Waals surface area contributed by atoms with Gasteiger partial charge in [-0.3, -0.25) is 4.79 Å². The first-order chi connectivity index (χ1) is 17.9. The number of carbonyl (C=O) groups is 1. The van der Waals surface area contributed by atoms with Crippen molar-refractivity contribution in [3.05, 3.63) is 82.3 Å². The van der Waals surface area contributed by atoms with Gasteiger partial charge in [0.15, 0.2) is 11.5 Å². The minimum atomic E-state index is -0.548. The van der Waals surface area contributed by atoms with E-state index in [9.17, 15) is 9.90 Å². The van der Waals surface area contributed by atoms with E-state index in [0.717, 1.165) is 47.9 Å². The third-order valence-corrected chi connectivity index (χ3v) is 7.89. The Morgan fingerprint density at radius 1 is 1.05 bits per heavy atom. The second-order valence-electron chi connectivity index (χ2n) is 10.4. The molecule has 2 aromatic carbocycles. The van der Waals surface area contributed by atoms with Gasteiger partial charge in [0.1, 0.15) is 0 Å². The van der Waals surface area contributed by atoms with Crippen LogP contribution in [-0.2, 0) is 11.2 Å². The van der Waals surface area contributed by atoms with Gasteiger partial charge in [0.2, 0.25) is 5.91 Å². The van der Waals surface area contributed by atoms with Gasteiger partial charge in [-0.05, 0) is 92.5 Å². The molecule has 1 amide bonds. The second kappa shape index (κ2) is 10.8. The molecule has 1 aliphatic heterocycles. The zero-order chi connectivity index (χ0) is 26.1. The number of nitrogens with zero attached hydrogens (tertiary/aromatic N) is 1. The molecule has 2 aliphatic rings. The molecule has 3 aromatic rings. The van der Waals surface area contributed by atoms with Crippen molar-refractivity contribution in [2.75, 3.05) is 7.11 Å². The molecule has 1 saturated carbocycles. The van der Waals surface area contributed by atoms with E-state index < -0.39 is 6.10 Å². The van der Waals surface area contributed by atoms with Crippen molar-refractivity contribution < 1.29 is 23.8 Å². The molecule has 5 rings (SSSR count). The van der Waals surface area contributed by atoms with Crippen LogP contribution in [0.15, 0.2) is 59.4 Å². The number of hydrogen-bond donors (Lipinski definition) is 1. The topological polar surface area (TPSA) is 72.1 Å². The van der Waals surface area contributed by atoms with Gasteiger partial charge in [0, 0.05) is 16.6 Å². The van der Waals surface area contributed by atoms with Crippen LogP contribution in [0.3, 0.4) is 0 Å². The monoisotopic (exact) mass is 523 g/mol. The van der Waals surface area contributed by atoms with E-state index in [1.165, 1.54) is 0 Å². The van der Waals surface area contributed by atoms with Crippen molar-refractivity contribution in [1.29, 1.82) is 0 Å². The summed E-state index contributed by atoms with van der Waals surface area (Å²) in [4.78, 5) is 15.8. The Balaban J connectivity index is 1.49. The van der Waals surface area contributed by atoms with Crippen LogP contribution in [0.25, 0.3) is 0 Å². The van der Waals surface area contributed by atoms with Crippen molar-refractivity contribution in [3.8, 4) is 11.5 Å². The van der Waals surface area contributed by atoms with Gasteiger partial charge < -0.3 is 23.9 Å². The zero-order valence-corrected chi connectivity index (χ0v) is 22.3. The van der Waals surface area contributed by atoms with Crippen LogP contribution < -0.4 is 9.47 Å². The van der Waals surface area contributed by atoms with Gasteiger partial charge in [-0.15, -0.1) is 0 Å². The molecule has 7 heteroatoms. The van der Waals surface area contributed by atoms with Crippen LogP contribution in [-0.4, -0.2) is 35.2 Å². The first-order valence-corrected chi connectivity index (χ1v) is 13.4. The first-order valence-electron chi connectivity index (χ1n) is 13.0. The average molecular weight is 524 g/mol. The number of fused-ring (bicyclic) bond motifs is 1. The molecule has 2 heterocycles. The minimum Gasteiger partial charge on any atom is -0.493 e. The molecule has 1 aliphatic carbocycles. The lowest BCUT2D eigenvalue weighted by Crippen LogP contribution is -2.48. The smallest absolute Gasteiger partial charge is 0.228 e. The predicted molar refractivity (Wildman–Crippen MR) is 142 cm³/mol. The SMILES string of the molecule is COc1cc2c(cc1OC(C)C)C(c1ccc(Cl)cc1)N([C@H]1CC[C@H](C(O)c3ccoc3)CC1)C(=O)C2. The van der Waals surface area contributed by atoms with Crippen LogP contribution in [0.5, 0.6) is 11.5 Å². The fraction of sp³-hybridized carbons (Fsp3) is 0.433. The molecule has 0 saturated heterocycles. The van der Waals surface area contributed by atoms with Crippen LogP contribution in [0, 0.1) is 5.92 Å². The van der Waals surface area contributed by atoms with E-state index in [4.69, 9.17) is 25.5 Å². The number of aliphatic hydroxyl groups excluding tert-OH is 1. The Bertz CT molecular complexity index is 1220. The van der Waals surface area contributed by atoms with Gasteiger partial charge in [-0.1, -0.05) is 23.7 Å². The summed E-state index contributed by atoms with van der Waals surface area (Å²) in [5.41, 5.74) is 3.84. The Hall–Kier alpha value is -2.96. The molecule has 2 unspecified atom stereocenters. The molecule has 2 atom stereocenters. The van der Waals surface area contributed by atoms with E-state index >= 15 is 0 Å². The standard InChI is InChI=1S/C30H34ClNO5/c1-18(2)37-27-16-25-22(14-26(27)35-3)15-28(33)32(29(25)19-4-8-23(31)9-5-19)24-10-6-20(7-11-24)30(34)21-12-13-36-17-21/h4-5,8-9,12-14,16-18,20,24,29-30,34H,6-7,10-11,15H2,1-3H3/t20-,24-,29?,30?. The molecule has 1 fully saturated rings. The molecule has 37 heavy (non-hydrogen) atoms. The maximum atomic E-state index is 13.7. The lowest BCUT2D eigenvalue weighted by molar-refractivity contribution is -0.137. The lowest BCUT2D eigenvalue weighted by atomic mass is 9.78. The molecular formula is C30H34ClNO5. The Morgan fingerprint density at radius 2 is 1.78 bits per heavy atom. The van der Waals surface area contributed by atoms with Crippen LogP contribution in [0.2, 0.25) is 5.02 Å². The van der Waals surface area contributed by atoms with E-state index in [1.807, 2.05) is 56.3 Å². The summed E-state index contributed by atoms with van der Waals surface area (Å²) in [7, 11) is 1.62. The molecular weight excluding hydrogens is 490 g/mol. The highest BCUT2D eigenvalue weighted by Crippen LogP contribution is 2.45. The molecule has 1 aromatic heterocycles. The first kappa shape index (κ1) is 25.7. The number of methoxy groups -OCH3 is 1.